The number of nitrogens with two attached hydrogens (primary N) is 1. The predicted molar refractivity (Wildman–Crippen MR) is 39.9 cm³/mol. The second-order valence-corrected chi connectivity index (χ2v) is 4.54. The molecule has 0 aromatic carbocycles. The monoisotopic (exact) mass is 181 g/mol. The molecule has 6 heteroatoms. The van der Waals surface area contributed by atoms with Crippen molar-refractivity contribution in [3.63, 3.8) is 0 Å². The molecule has 0 spiro atoms. The van der Waals surface area contributed by atoms with Crippen LogP contribution in [0.25, 0.3) is 0 Å². The summed E-state index contributed by atoms with van der Waals surface area (Å²) < 4.78 is 21.5. The Morgan fingerprint density at radius 1 is 1.64 bits per heavy atom. The Hall–Kier alpha value is -0.620. The van der Waals surface area contributed by atoms with Gasteiger partial charge >= 0.3 is 5.97 Å². The number of sulfone groups is 1. The van der Waals surface area contributed by atoms with E-state index in [1.165, 1.54) is 6.92 Å². The van der Waals surface area contributed by atoms with Crippen LogP contribution in [-0.4, -0.2) is 37.0 Å². The summed E-state index contributed by atoms with van der Waals surface area (Å²) in [5.41, 5.74) is 5.00. The van der Waals surface area contributed by atoms with Crippen LogP contribution in [0.2, 0.25) is 0 Å². The van der Waals surface area contributed by atoms with Crippen LogP contribution in [0.15, 0.2) is 0 Å². The molecule has 0 aliphatic heterocycles. The lowest BCUT2D eigenvalue weighted by molar-refractivity contribution is -0.137. The molecule has 3 N–H and O–H groups in total. The fourth-order valence-electron chi connectivity index (χ4n) is 0.463. The van der Waals surface area contributed by atoms with Crippen molar-refractivity contribution in [2.75, 3.05) is 11.5 Å². The molecule has 0 aliphatic carbocycles. The Kier molecular flexibility index (Phi) is 3.47. The molecule has 66 valence electrons. The maximum atomic E-state index is 10.8. The number of hydrogen-bond donors (Lipinski definition) is 2. The van der Waals surface area contributed by atoms with Crippen molar-refractivity contribution in [2.45, 2.75) is 13.0 Å². The Labute approximate surface area is 65.1 Å². The Morgan fingerprint density at radius 2 is 2.09 bits per heavy atom. The molecule has 0 aliphatic rings. The minimum Gasteiger partial charge on any atom is -0.480 e. The molecular formula is C5H11NO4S. The fourth-order valence-corrected chi connectivity index (χ4v) is 1.39. The molecule has 1 atom stereocenters. The Bertz CT molecular complexity index is 233. The summed E-state index contributed by atoms with van der Waals surface area (Å²) >= 11 is 0. The van der Waals surface area contributed by atoms with Crippen LogP contribution in [-0.2, 0) is 14.6 Å². The van der Waals surface area contributed by atoms with Crippen molar-refractivity contribution < 1.29 is 18.3 Å². The third-order valence-electron chi connectivity index (χ3n) is 1.19. The van der Waals surface area contributed by atoms with Gasteiger partial charge in [-0.25, -0.2) is 8.42 Å². The summed E-state index contributed by atoms with van der Waals surface area (Å²) in [6.07, 6.45) is 0. The molecule has 5 nitrogen and oxygen atoms in total. The molecule has 0 radical (unpaired) electrons. The average Bonchev–Trinajstić information content (AvgIpc) is 1.87. The van der Waals surface area contributed by atoms with Crippen LogP contribution in [0.5, 0.6) is 0 Å². The van der Waals surface area contributed by atoms with E-state index in [2.05, 4.69) is 0 Å². The fraction of sp³-hybridized carbons (Fsp3) is 0.800. The van der Waals surface area contributed by atoms with Gasteiger partial charge in [0.2, 0.25) is 0 Å². The molecule has 0 fully saturated rings. The van der Waals surface area contributed by atoms with Crippen molar-refractivity contribution in [3.8, 4) is 0 Å². The lowest BCUT2D eigenvalue weighted by Gasteiger charge is -2.04. The van der Waals surface area contributed by atoms with Gasteiger partial charge in [-0.15, -0.1) is 0 Å². The van der Waals surface area contributed by atoms with Crippen molar-refractivity contribution in [1.82, 2.24) is 0 Å². The van der Waals surface area contributed by atoms with Crippen LogP contribution in [0.4, 0.5) is 0 Å². The van der Waals surface area contributed by atoms with E-state index >= 15 is 0 Å². The summed E-state index contributed by atoms with van der Waals surface area (Å²) in [5.74, 6) is -1.85. The minimum atomic E-state index is -3.27. The molecule has 0 heterocycles. The topological polar surface area (TPSA) is 97.5 Å². The van der Waals surface area contributed by atoms with E-state index in [4.69, 9.17) is 10.8 Å². The van der Waals surface area contributed by atoms with Crippen LogP contribution < -0.4 is 5.73 Å². The number of rotatable bonds is 4. The van der Waals surface area contributed by atoms with Gasteiger partial charge in [-0.3, -0.25) is 4.79 Å². The maximum absolute atomic E-state index is 10.8. The van der Waals surface area contributed by atoms with Crippen molar-refractivity contribution >= 4 is 15.8 Å². The van der Waals surface area contributed by atoms with Crippen LogP contribution in [0.1, 0.15) is 6.92 Å². The molecule has 0 rings (SSSR count). The van der Waals surface area contributed by atoms with Gasteiger partial charge in [-0.2, -0.15) is 0 Å². The van der Waals surface area contributed by atoms with E-state index in [-0.39, 0.29) is 5.75 Å². The average molecular weight is 181 g/mol. The van der Waals surface area contributed by atoms with Gasteiger partial charge in [-0.05, 0) is 0 Å². The summed E-state index contributed by atoms with van der Waals surface area (Å²) in [7, 11) is -3.27. The molecule has 0 aromatic rings. The largest absolute Gasteiger partial charge is 0.480 e. The van der Waals surface area contributed by atoms with Crippen molar-refractivity contribution in [2.24, 2.45) is 5.73 Å². The quantitative estimate of drug-likeness (QED) is 0.569. The SMILES string of the molecule is CCS(=O)(=O)C[C@H](N)C(=O)O. The maximum Gasteiger partial charge on any atom is 0.321 e. The van der Waals surface area contributed by atoms with E-state index in [1.807, 2.05) is 0 Å². The second kappa shape index (κ2) is 3.68. The summed E-state index contributed by atoms with van der Waals surface area (Å²) in [6.45, 7) is 1.45. The van der Waals surface area contributed by atoms with E-state index in [1.54, 1.807) is 0 Å². The minimum absolute atomic E-state index is 0.0754. The van der Waals surface area contributed by atoms with Crippen LogP contribution >= 0.6 is 0 Å². The first-order valence-electron chi connectivity index (χ1n) is 3.08. The zero-order valence-electron chi connectivity index (χ0n) is 6.15. The molecule has 0 bridgehead atoms. The molecule has 0 saturated heterocycles. The van der Waals surface area contributed by atoms with Gasteiger partial charge in [0, 0.05) is 5.75 Å². The van der Waals surface area contributed by atoms with Gasteiger partial charge in [0.15, 0.2) is 9.84 Å². The van der Waals surface area contributed by atoms with Crippen molar-refractivity contribution in [3.05, 3.63) is 0 Å². The third kappa shape index (κ3) is 3.94. The molecular weight excluding hydrogens is 170 g/mol. The highest BCUT2D eigenvalue weighted by Crippen LogP contribution is 1.92. The lowest BCUT2D eigenvalue weighted by atomic mass is 10.4. The standard InChI is InChI=1S/C5H11NO4S/c1-2-11(9,10)3-4(6)5(7)8/h4H,2-3,6H2,1H3,(H,7,8)/t4-/m0/s1. The molecule has 0 saturated carbocycles. The first-order valence-corrected chi connectivity index (χ1v) is 4.90. The van der Waals surface area contributed by atoms with Gasteiger partial charge in [0.05, 0.1) is 5.75 Å². The Balaban J connectivity index is 4.16. The number of carboxylic acids is 1. The van der Waals surface area contributed by atoms with E-state index < -0.39 is 27.6 Å². The molecule has 0 amide bonds. The first kappa shape index (κ1) is 10.4. The highest BCUT2D eigenvalue weighted by Gasteiger charge is 2.19. The van der Waals surface area contributed by atoms with E-state index in [0.29, 0.717) is 0 Å². The normalized spacial score (nSPS) is 14.4. The number of aliphatic carboxylic acids is 1. The molecule has 0 unspecified atom stereocenters. The van der Waals surface area contributed by atoms with Gasteiger partial charge in [-0.1, -0.05) is 6.92 Å². The van der Waals surface area contributed by atoms with E-state index in [0.717, 1.165) is 0 Å². The zero-order chi connectivity index (χ0) is 9.07. The zero-order valence-corrected chi connectivity index (χ0v) is 6.97. The van der Waals surface area contributed by atoms with Crippen LogP contribution in [0.3, 0.4) is 0 Å². The summed E-state index contributed by atoms with van der Waals surface area (Å²) in [5, 5.41) is 8.25. The van der Waals surface area contributed by atoms with Gasteiger partial charge in [0.25, 0.3) is 0 Å². The van der Waals surface area contributed by atoms with E-state index in [9.17, 15) is 13.2 Å². The van der Waals surface area contributed by atoms with Crippen LogP contribution in [0, 0.1) is 0 Å². The number of hydrogen-bond acceptors (Lipinski definition) is 4. The summed E-state index contributed by atoms with van der Waals surface area (Å²) in [6, 6.07) is -1.31. The number of carboxylic acid groups (broad SMARTS) is 1. The predicted octanol–water partition coefficient (Wildman–Crippen LogP) is -1.17. The highest BCUT2D eigenvalue weighted by atomic mass is 32.2. The molecule has 0 aromatic heterocycles. The first-order chi connectivity index (χ1) is 4.89. The van der Waals surface area contributed by atoms with Gasteiger partial charge < -0.3 is 10.8 Å². The smallest absolute Gasteiger partial charge is 0.321 e. The summed E-state index contributed by atoms with van der Waals surface area (Å²) in [4.78, 5) is 10.1. The third-order valence-corrected chi connectivity index (χ3v) is 2.94. The highest BCUT2D eigenvalue weighted by molar-refractivity contribution is 7.91. The van der Waals surface area contributed by atoms with Crippen molar-refractivity contribution in [1.29, 1.82) is 0 Å². The second-order valence-electron chi connectivity index (χ2n) is 2.14. The lowest BCUT2D eigenvalue weighted by Crippen LogP contribution is -2.37. The Morgan fingerprint density at radius 3 is 2.36 bits per heavy atom. The van der Waals surface area contributed by atoms with Gasteiger partial charge in [0.1, 0.15) is 6.04 Å². The molecule has 11 heavy (non-hydrogen) atoms. The number of carbonyl (C=O) groups is 1.